The van der Waals surface area contributed by atoms with Gasteiger partial charge in [-0.2, -0.15) is 0 Å². The SMILES string of the molecule is C[C@@H](C(=O)N[C@H](C(=O)N1C[C@@H](NC(=O)OCc2ccccc2)C[C@H]1CO)C(C)(C)C)N(C)C(=O)OC(C)(C)C. The van der Waals surface area contributed by atoms with Crippen LogP contribution >= 0.6 is 0 Å². The number of likely N-dealkylation sites (tertiary alicyclic amines) is 1. The summed E-state index contributed by atoms with van der Waals surface area (Å²) >= 11 is 0. The predicted octanol–water partition coefficient (Wildman–Crippen LogP) is 2.66. The first-order valence-electron chi connectivity index (χ1n) is 13.2. The molecule has 1 aromatic carbocycles. The van der Waals surface area contributed by atoms with Gasteiger partial charge in [-0.15, -0.1) is 0 Å². The zero-order valence-corrected chi connectivity index (χ0v) is 24.3. The molecule has 3 N–H and O–H groups in total. The number of carbonyl (C=O) groups excluding carboxylic acids is 4. The second kappa shape index (κ2) is 13.1. The van der Waals surface area contributed by atoms with Crippen LogP contribution in [-0.4, -0.2) is 88.9 Å². The summed E-state index contributed by atoms with van der Waals surface area (Å²) in [6.07, 6.45) is -0.933. The molecule has 1 fully saturated rings. The van der Waals surface area contributed by atoms with Crippen molar-refractivity contribution in [2.24, 2.45) is 5.41 Å². The van der Waals surface area contributed by atoms with Crippen molar-refractivity contribution < 1.29 is 33.8 Å². The summed E-state index contributed by atoms with van der Waals surface area (Å²) in [5.74, 6) is -0.903. The largest absolute Gasteiger partial charge is 0.445 e. The summed E-state index contributed by atoms with van der Waals surface area (Å²) in [6, 6.07) is 6.44. The minimum absolute atomic E-state index is 0.111. The number of likely N-dealkylation sites (N-methyl/N-ethyl adjacent to an activating group) is 1. The number of benzene rings is 1. The number of aliphatic hydroxyl groups excluding tert-OH is 1. The van der Waals surface area contributed by atoms with Crippen molar-refractivity contribution in [3.8, 4) is 0 Å². The van der Waals surface area contributed by atoms with Gasteiger partial charge in [0.2, 0.25) is 11.8 Å². The molecule has 0 bridgehead atoms. The molecule has 4 atom stereocenters. The normalized spacial score (nSPS) is 19.1. The highest BCUT2D eigenvalue weighted by Crippen LogP contribution is 2.26. The van der Waals surface area contributed by atoms with Gasteiger partial charge in [-0.25, -0.2) is 9.59 Å². The van der Waals surface area contributed by atoms with E-state index in [2.05, 4.69) is 10.6 Å². The van der Waals surface area contributed by atoms with E-state index in [1.807, 2.05) is 51.1 Å². The second-order valence-electron chi connectivity index (χ2n) is 12.0. The summed E-state index contributed by atoms with van der Waals surface area (Å²) < 4.78 is 10.6. The summed E-state index contributed by atoms with van der Waals surface area (Å²) in [4.78, 5) is 54.3. The molecular weight excluding hydrogens is 504 g/mol. The van der Waals surface area contributed by atoms with Crippen molar-refractivity contribution >= 4 is 24.0 Å². The Morgan fingerprint density at radius 2 is 1.72 bits per heavy atom. The number of nitrogens with one attached hydrogen (secondary N) is 2. The smallest absolute Gasteiger partial charge is 0.410 e. The van der Waals surface area contributed by atoms with E-state index in [-0.39, 0.29) is 25.7 Å². The van der Waals surface area contributed by atoms with E-state index in [1.165, 1.54) is 16.8 Å². The number of aliphatic hydroxyl groups is 1. The maximum absolute atomic E-state index is 13.7. The van der Waals surface area contributed by atoms with Gasteiger partial charge in [0.1, 0.15) is 24.3 Å². The van der Waals surface area contributed by atoms with E-state index < -0.39 is 53.3 Å². The molecule has 1 heterocycles. The number of carbonyl (C=O) groups is 4. The number of amides is 4. The fraction of sp³-hybridized carbons (Fsp3) is 0.643. The quantitative estimate of drug-likeness (QED) is 0.454. The Labute approximate surface area is 231 Å². The Kier molecular flexibility index (Phi) is 10.7. The molecule has 0 saturated carbocycles. The van der Waals surface area contributed by atoms with Gasteiger partial charge in [0.25, 0.3) is 0 Å². The molecule has 11 heteroatoms. The van der Waals surface area contributed by atoms with Crippen LogP contribution in [0.2, 0.25) is 0 Å². The van der Waals surface area contributed by atoms with Crippen LogP contribution in [0.15, 0.2) is 30.3 Å². The zero-order valence-electron chi connectivity index (χ0n) is 24.3. The molecule has 218 valence electrons. The molecule has 0 spiro atoms. The molecule has 39 heavy (non-hydrogen) atoms. The van der Waals surface area contributed by atoms with Gasteiger partial charge in [-0.05, 0) is 45.1 Å². The van der Waals surface area contributed by atoms with Gasteiger partial charge in [0, 0.05) is 13.6 Å². The monoisotopic (exact) mass is 548 g/mol. The van der Waals surface area contributed by atoms with Crippen molar-refractivity contribution in [3.63, 3.8) is 0 Å². The van der Waals surface area contributed by atoms with Crippen LogP contribution in [0.3, 0.4) is 0 Å². The van der Waals surface area contributed by atoms with Gasteiger partial charge < -0.3 is 30.1 Å². The predicted molar refractivity (Wildman–Crippen MR) is 146 cm³/mol. The fourth-order valence-corrected chi connectivity index (χ4v) is 4.14. The molecule has 1 aliphatic rings. The molecule has 1 aliphatic heterocycles. The molecule has 0 aromatic heterocycles. The van der Waals surface area contributed by atoms with Gasteiger partial charge in [-0.1, -0.05) is 51.1 Å². The standard InChI is InChI=1S/C28H44N4O7/c1-18(31(8)26(37)39-28(5,6)7)23(34)30-22(27(2,3)4)24(35)32-15-20(14-21(32)16-33)29-25(36)38-17-19-12-10-9-11-13-19/h9-13,18,20-22,33H,14-17H2,1-8H3,(H,29,36)(H,30,34)/t18-,20-,21-,22+/m0/s1. The Balaban J connectivity index is 2.06. The van der Waals surface area contributed by atoms with Crippen LogP contribution in [0.5, 0.6) is 0 Å². The Bertz CT molecular complexity index is 1000. The van der Waals surface area contributed by atoms with Crippen LogP contribution in [0.25, 0.3) is 0 Å². The first kappa shape index (κ1) is 31.9. The highest BCUT2D eigenvalue weighted by molar-refractivity contribution is 5.92. The lowest BCUT2D eigenvalue weighted by molar-refractivity contribution is -0.141. The molecule has 1 saturated heterocycles. The van der Waals surface area contributed by atoms with Crippen LogP contribution in [-0.2, 0) is 25.7 Å². The molecule has 0 radical (unpaired) electrons. The summed E-state index contributed by atoms with van der Waals surface area (Å²) in [6.45, 7) is 12.2. The number of alkyl carbamates (subject to hydrolysis) is 1. The van der Waals surface area contributed by atoms with E-state index >= 15 is 0 Å². The Morgan fingerprint density at radius 1 is 1.10 bits per heavy atom. The minimum Gasteiger partial charge on any atom is -0.445 e. The topological polar surface area (TPSA) is 138 Å². The highest BCUT2D eigenvalue weighted by Gasteiger charge is 2.43. The second-order valence-corrected chi connectivity index (χ2v) is 12.0. The van der Waals surface area contributed by atoms with Crippen molar-refractivity contribution in [3.05, 3.63) is 35.9 Å². The van der Waals surface area contributed by atoms with E-state index in [0.717, 1.165) is 5.56 Å². The molecule has 11 nitrogen and oxygen atoms in total. The summed E-state index contributed by atoms with van der Waals surface area (Å²) in [7, 11) is 1.46. The van der Waals surface area contributed by atoms with Crippen molar-refractivity contribution in [2.45, 2.75) is 91.3 Å². The number of ether oxygens (including phenoxy) is 2. The Hall–Kier alpha value is -3.34. The third kappa shape index (κ3) is 9.42. The van der Waals surface area contributed by atoms with Crippen LogP contribution in [0, 0.1) is 5.41 Å². The fourth-order valence-electron chi connectivity index (χ4n) is 4.14. The summed E-state index contributed by atoms with van der Waals surface area (Å²) in [5.41, 5.74) is -0.560. The number of nitrogens with zero attached hydrogens (tertiary/aromatic N) is 2. The highest BCUT2D eigenvalue weighted by atomic mass is 16.6. The van der Waals surface area contributed by atoms with E-state index in [4.69, 9.17) is 9.47 Å². The van der Waals surface area contributed by atoms with E-state index in [9.17, 15) is 24.3 Å². The lowest BCUT2D eigenvalue weighted by Crippen LogP contribution is -2.59. The summed E-state index contributed by atoms with van der Waals surface area (Å²) in [5, 5.41) is 15.6. The molecule has 4 amide bonds. The average Bonchev–Trinajstić information content (AvgIpc) is 3.26. The third-order valence-corrected chi connectivity index (χ3v) is 6.48. The molecule has 1 aromatic rings. The molecule has 2 rings (SSSR count). The van der Waals surface area contributed by atoms with Crippen LogP contribution in [0.1, 0.15) is 60.5 Å². The van der Waals surface area contributed by atoms with Gasteiger partial charge in [-0.3, -0.25) is 14.5 Å². The van der Waals surface area contributed by atoms with Gasteiger partial charge in [0.05, 0.1) is 18.7 Å². The maximum atomic E-state index is 13.7. The van der Waals surface area contributed by atoms with E-state index in [0.29, 0.717) is 6.42 Å². The zero-order chi connectivity index (χ0) is 29.5. The van der Waals surface area contributed by atoms with Crippen molar-refractivity contribution in [1.29, 1.82) is 0 Å². The van der Waals surface area contributed by atoms with Crippen molar-refractivity contribution in [1.82, 2.24) is 20.4 Å². The first-order valence-corrected chi connectivity index (χ1v) is 13.2. The molecule has 0 unspecified atom stereocenters. The van der Waals surface area contributed by atoms with Gasteiger partial charge in [0.15, 0.2) is 0 Å². The number of rotatable bonds is 8. The van der Waals surface area contributed by atoms with Crippen LogP contribution < -0.4 is 10.6 Å². The average molecular weight is 549 g/mol. The number of hydrogen-bond donors (Lipinski definition) is 3. The first-order chi connectivity index (χ1) is 18.0. The van der Waals surface area contributed by atoms with Gasteiger partial charge >= 0.3 is 12.2 Å². The van der Waals surface area contributed by atoms with E-state index in [1.54, 1.807) is 27.7 Å². The molecule has 0 aliphatic carbocycles. The van der Waals surface area contributed by atoms with Crippen molar-refractivity contribution in [2.75, 3.05) is 20.2 Å². The maximum Gasteiger partial charge on any atom is 0.410 e. The third-order valence-electron chi connectivity index (χ3n) is 6.48. The lowest BCUT2D eigenvalue weighted by atomic mass is 9.85. The minimum atomic E-state index is -0.947. The van der Waals surface area contributed by atoms with Crippen LogP contribution in [0.4, 0.5) is 9.59 Å². The molecular formula is C28H44N4O7. The number of hydrogen-bond acceptors (Lipinski definition) is 7. The Morgan fingerprint density at radius 3 is 2.26 bits per heavy atom. The lowest BCUT2D eigenvalue weighted by Gasteiger charge is -2.36.